The van der Waals surface area contributed by atoms with Crippen LogP contribution < -0.4 is 10.5 Å². The van der Waals surface area contributed by atoms with E-state index in [1.54, 1.807) is 19.1 Å². The Morgan fingerprint density at radius 2 is 2.18 bits per heavy atom. The topological polar surface area (TPSA) is 78.4 Å². The highest BCUT2D eigenvalue weighted by molar-refractivity contribution is 5.45. The van der Waals surface area contributed by atoms with Gasteiger partial charge in [0.2, 0.25) is 0 Å². The van der Waals surface area contributed by atoms with Crippen molar-refractivity contribution in [3.8, 4) is 5.75 Å². The molecule has 5 heteroatoms. The zero-order chi connectivity index (χ0) is 13.1. The minimum absolute atomic E-state index is 0.0673. The highest BCUT2D eigenvalue weighted by Gasteiger charge is 2.18. The van der Waals surface area contributed by atoms with Crippen molar-refractivity contribution in [2.75, 3.05) is 6.61 Å². The summed E-state index contributed by atoms with van der Waals surface area (Å²) in [6.45, 7) is 5.89. The normalized spacial score (nSPS) is 14.1. The van der Waals surface area contributed by atoms with Crippen LogP contribution in [0.5, 0.6) is 5.75 Å². The van der Waals surface area contributed by atoms with Gasteiger partial charge in [-0.05, 0) is 32.4 Å². The first-order chi connectivity index (χ1) is 7.85. The van der Waals surface area contributed by atoms with E-state index in [1.165, 1.54) is 6.07 Å². The van der Waals surface area contributed by atoms with Crippen LogP contribution in [0, 0.1) is 17.0 Å². The third-order valence-electron chi connectivity index (χ3n) is 2.75. The minimum Gasteiger partial charge on any atom is -0.491 e. The Bertz CT molecular complexity index is 416. The van der Waals surface area contributed by atoms with Crippen molar-refractivity contribution in [3.05, 3.63) is 33.9 Å². The third kappa shape index (κ3) is 3.71. The smallest absolute Gasteiger partial charge is 0.276 e. The Balaban J connectivity index is 2.80. The van der Waals surface area contributed by atoms with E-state index in [1.807, 2.05) is 13.8 Å². The maximum Gasteiger partial charge on any atom is 0.276 e. The van der Waals surface area contributed by atoms with Gasteiger partial charge in [-0.3, -0.25) is 10.1 Å². The number of rotatable bonds is 5. The molecule has 0 bridgehead atoms. The number of nitrogens with zero attached hydrogens (tertiary/aromatic N) is 1. The van der Waals surface area contributed by atoms with Crippen LogP contribution in [-0.4, -0.2) is 17.1 Å². The first-order valence-electron chi connectivity index (χ1n) is 5.52. The van der Waals surface area contributed by atoms with Gasteiger partial charge in [-0.25, -0.2) is 0 Å². The number of ether oxygens (including phenoxy) is 1. The van der Waals surface area contributed by atoms with Gasteiger partial charge >= 0.3 is 0 Å². The molecule has 5 nitrogen and oxygen atoms in total. The van der Waals surface area contributed by atoms with Crippen molar-refractivity contribution < 1.29 is 9.66 Å². The van der Waals surface area contributed by atoms with Crippen molar-refractivity contribution in [1.29, 1.82) is 0 Å². The predicted molar refractivity (Wildman–Crippen MR) is 66.2 cm³/mol. The molecule has 17 heavy (non-hydrogen) atoms. The molecule has 0 aromatic heterocycles. The van der Waals surface area contributed by atoms with E-state index in [0.29, 0.717) is 17.9 Å². The van der Waals surface area contributed by atoms with Crippen LogP contribution in [-0.2, 0) is 0 Å². The van der Waals surface area contributed by atoms with E-state index in [2.05, 4.69) is 0 Å². The van der Waals surface area contributed by atoms with Crippen molar-refractivity contribution in [2.24, 2.45) is 5.73 Å². The van der Waals surface area contributed by atoms with Crippen molar-refractivity contribution >= 4 is 5.69 Å². The predicted octanol–water partition coefficient (Wildman–Crippen LogP) is 2.41. The van der Waals surface area contributed by atoms with E-state index in [4.69, 9.17) is 10.5 Å². The Labute approximate surface area is 101 Å². The summed E-state index contributed by atoms with van der Waals surface area (Å²) in [7, 11) is 0. The number of benzene rings is 1. The molecule has 1 aromatic carbocycles. The Kier molecular flexibility index (Phi) is 4.07. The maximum absolute atomic E-state index is 10.8. The van der Waals surface area contributed by atoms with Gasteiger partial charge in [-0.15, -0.1) is 0 Å². The molecule has 0 saturated heterocycles. The van der Waals surface area contributed by atoms with Crippen LogP contribution in [0.1, 0.15) is 25.8 Å². The highest BCUT2D eigenvalue weighted by Crippen LogP contribution is 2.24. The van der Waals surface area contributed by atoms with Crippen molar-refractivity contribution in [3.63, 3.8) is 0 Å². The van der Waals surface area contributed by atoms with Gasteiger partial charge in [-0.2, -0.15) is 0 Å². The van der Waals surface area contributed by atoms with Crippen molar-refractivity contribution in [2.45, 2.75) is 32.7 Å². The van der Waals surface area contributed by atoms with Crippen LogP contribution in [0.3, 0.4) is 0 Å². The van der Waals surface area contributed by atoms with E-state index < -0.39 is 10.5 Å². The van der Waals surface area contributed by atoms with Crippen molar-refractivity contribution in [1.82, 2.24) is 0 Å². The van der Waals surface area contributed by atoms with Gasteiger partial charge in [0.05, 0.1) is 11.0 Å². The molecule has 94 valence electrons. The SMILES string of the molecule is CCC(C)(N)COc1ccc(C)c([N+](=O)[O-])c1. The van der Waals surface area contributed by atoms with Crippen LogP contribution in [0.15, 0.2) is 18.2 Å². The molecule has 1 aromatic rings. The molecular formula is C12H18N2O3. The molecule has 2 N–H and O–H groups in total. The van der Waals surface area contributed by atoms with Gasteiger partial charge in [0.1, 0.15) is 12.4 Å². The van der Waals surface area contributed by atoms with E-state index in [0.717, 1.165) is 6.42 Å². The molecule has 0 aliphatic rings. The van der Waals surface area contributed by atoms with Gasteiger partial charge in [0, 0.05) is 11.1 Å². The Morgan fingerprint density at radius 3 is 2.71 bits per heavy atom. The summed E-state index contributed by atoms with van der Waals surface area (Å²) in [6.07, 6.45) is 0.779. The fraction of sp³-hybridized carbons (Fsp3) is 0.500. The second-order valence-corrected chi connectivity index (χ2v) is 4.50. The Hall–Kier alpha value is -1.62. The minimum atomic E-state index is -0.417. The second kappa shape index (κ2) is 5.14. The number of nitro benzene ring substituents is 1. The molecule has 0 aliphatic carbocycles. The first-order valence-corrected chi connectivity index (χ1v) is 5.52. The lowest BCUT2D eigenvalue weighted by atomic mass is 10.0. The summed E-state index contributed by atoms with van der Waals surface area (Å²) in [5.74, 6) is 0.479. The average Bonchev–Trinajstić information content (AvgIpc) is 2.27. The highest BCUT2D eigenvalue weighted by atomic mass is 16.6. The number of hydrogen-bond donors (Lipinski definition) is 1. The number of nitrogens with two attached hydrogens (primary N) is 1. The molecule has 0 saturated carbocycles. The van der Waals surface area contributed by atoms with E-state index >= 15 is 0 Å². The summed E-state index contributed by atoms with van der Waals surface area (Å²) >= 11 is 0. The molecule has 0 radical (unpaired) electrons. The van der Waals surface area contributed by atoms with Crippen LogP contribution in [0.4, 0.5) is 5.69 Å². The zero-order valence-corrected chi connectivity index (χ0v) is 10.4. The number of hydrogen-bond acceptors (Lipinski definition) is 4. The molecule has 0 fully saturated rings. The lowest BCUT2D eigenvalue weighted by molar-refractivity contribution is -0.385. The summed E-state index contributed by atoms with van der Waals surface area (Å²) < 4.78 is 5.48. The van der Waals surface area contributed by atoms with Crippen LogP contribution in [0.2, 0.25) is 0 Å². The van der Waals surface area contributed by atoms with Crippen LogP contribution >= 0.6 is 0 Å². The zero-order valence-electron chi connectivity index (χ0n) is 10.4. The monoisotopic (exact) mass is 238 g/mol. The molecule has 1 atom stereocenters. The van der Waals surface area contributed by atoms with Gasteiger partial charge in [-0.1, -0.05) is 6.92 Å². The molecule has 0 spiro atoms. The van der Waals surface area contributed by atoms with E-state index in [-0.39, 0.29) is 5.69 Å². The summed E-state index contributed by atoms with van der Waals surface area (Å²) in [5.41, 5.74) is 6.20. The fourth-order valence-corrected chi connectivity index (χ4v) is 1.23. The molecule has 1 unspecified atom stereocenters. The van der Waals surface area contributed by atoms with Gasteiger partial charge < -0.3 is 10.5 Å². The molecular weight excluding hydrogens is 220 g/mol. The van der Waals surface area contributed by atoms with Gasteiger partial charge in [0.25, 0.3) is 5.69 Å². The second-order valence-electron chi connectivity index (χ2n) is 4.50. The first kappa shape index (κ1) is 13.4. The molecule has 0 heterocycles. The standard InChI is InChI=1S/C12H18N2O3/c1-4-12(3,13)8-17-10-6-5-9(2)11(7-10)14(15)16/h5-7H,4,8,13H2,1-3H3. The van der Waals surface area contributed by atoms with E-state index in [9.17, 15) is 10.1 Å². The Morgan fingerprint density at radius 1 is 1.53 bits per heavy atom. The lowest BCUT2D eigenvalue weighted by Gasteiger charge is -2.22. The largest absolute Gasteiger partial charge is 0.491 e. The fourth-order valence-electron chi connectivity index (χ4n) is 1.23. The maximum atomic E-state index is 10.8. The van der Waals surface area contributed by atoms with Gasteiger partial charge in [0.15, 0.2) is 0 Å². The number of nitro groups is 1. The summed E-state index contributed by atoms with van der Waals surface area (Å²) in [6, 6.07) is 4.82. The van der Waals surface area contributed by atoms with Crippen LogP contribution in [0.25, 0.3) is 0 Å². The lowest BCUT2D eigenvalue weighted by Crippen LogP contribution is -2.41. The number of aryl methyl sites for hydroxylation is 1. The molecule has 0 aliphatic heterocycles. The summed E-state index contributed by atoms with van der Waals surface area (Å²) in [5, 5.41) is 10.8. The molecule has 1 rings (SSSR count). The third-order valence-corrected chi connectivity index (χ3v) is 2.75. The molecule has 0 amide bonds. The summed E-state index contributed by atoms with van der Waals surface area (Å²) in [4.78, 5) is 10.3. The average molecular weight is 238 g/mol. The quantitative estimate of drug-likeness (QED) is 0.631.